The number of nitrogens with one attached hydrogen (secondary N) is 1. The topological polar surface area (TPSA) is 130 Å². The molecule has 0 spiro atoms. The summed E-state index contributed by atoms with van der Waals surface area (Å²) >= 11 is 0. The predicted molar refractivity (Wildman–Crippen MR) is 119 cm³/mol. The lowest BCUT2D eigenvalue weighted by Crippen LogP contribution is -2.47. The SMILES string of the molecule is Cc1cnc(C=C(N)C(=O)Nc2ccc(N3CCN(C4CC4)CC3)cc2C(N)=O)cn1. The fourth-order valence-corrected chi connectivity index (χ4v) is 3.72. The van der Waals surface area contributed by atoms with Crippen molar-refractivity contribution >= 4 is 29.3 Å². The smallest absolute Gasteiger partial charge is 0.271 e. The van der Waals surface area contributed by atoms with Crippen LogP contribution in [0.5, 0.6) is 0 Å². The Balaban J connectivity index is 1.47. The first kappa shape index (κ1) is 20.8. The van der Waals surface area contributed by atoms with E-state index in [4.69, 9.17) is 11.5 Å². The van der Waals surface area contributed by atoms with Crippen LogP contribution in [-0.4, -0.2) is 58.9 Å². The number of nitrogens with two attached hydrogens (primary N) is 2. The first-order valence-electron chi connectivity index (χ1n) is 10.4. The van der Waals surface area contributed by atoms with Crippen molar-refractivity contribution in [1.29, 1.82) is 0 Å². The van der Waals surface area contributed by atoms with Crippen LogP contribution in [0.25, 0.3) is 6.08 Å². The molecule has 0 unspecified atom stereocenters. The van der Waals surface area contributed by atoms with Gasteiger partial charge < -0.3 is 21.7 Å². The van der Waals surface area contributed by atoms with Crippen molar-refractivity contribution in [2.75, 3.05) is 36.4 Å². The minimum Gasteiger partial charge on any atom is -0.394 e. The number of aromatic nitrogens is 2. The van der Waals surface area contributed by atoms with E-state index in [1.807, 2.05) is 13.0 Å². The summed E-state index contributed by atoms with van der Waals surface area (Å²) in [7, 11) is 0. The Morgan fingerprint density at radius 1 is 1.10 bits per heavy atom. The van der Waals surface area contributed by atoms with E-state index in [0.717, 1.165) is 43.6 Å². The number of carbonyl (C=O) groups excluding carboxylic acids is 2. The fourth-order valence-electron chi connectivity index (χ4n) is 3.72. The lowest BCUT2D eigenvalue weighted by molar-refractivity contribution is -0.112. The summed E-state index contributed by atoms with van der Waals surface area (Å²) in [5, 5.41) is 2.68. The van der Waals surface area contributed by atoms with Crippen LogP contribution in [0.2, 0.25) is 0 Å². The predicted octanol–water partition coefficient (Wildman–Crippen LogP) is 1.11. The second kappa shape index (κ2) is 8.73. The van der Waals surface area contributed by atoms with E-state index in [0.29, 0.717) is 11.4 Å². The number of primary amides is 1. The molecule has 5 N–H and O–H groups in total. The summed E-state index contributed by atoms with van der Waals surface area (Å²) in [5.41, 5.74) is 14.2. The van der Waals surface area contributed by atoms with E-state index in [2.05, 4.69) is 25.1 Å². The highest BCUT2D eigenvalue weighted by atomic mass is 16.2. The summed E-state index contributed by atoms with van der Waals surface area (Å²) < 4.78 is 0. The Bertz CT molecular complexity index is 1010. The summed E-state index contributed by atoms with van der Waals surface area (Å²) in [4.78, 5) is 37.6. The number of piperazine rings is 1. The molecule has 1 aliphatic heterocycles. The molecule has 2 heterocycles. The van der Waals surface area contributed by atoms with E-state index >= 15 is 0 Å². The third kappa shape index (κ3) is 5.00. The fraction of sp³-hybridized carbons (Fsp3) is 0.364. The number of amides is 2. The Labute approximate surface area is 181 Å². The van der Waals surface area contributed by atoms with Gasteiger partial charge >= 0.3 is 0 Å². The van der Waals surface area contributed by atoms with Gasteiger partial charge in [0.15, 0.2) is 0 Å². The lowest BCUT2D eigenvalue weighted by atomic mass is 10.1. The van der Waals surface area contributed by atoms with Gasteiger partial charge in [-0.1, -0.05) is 0 Å². The number of anilines is 2. The molecule has 2 aliphatic rings. The average molecular weight is 422 g/mol. The zero-order chi connectivity index (χ0) is 22.0. The zero-order valence-electron chi connectivity index (χ0n) is 17.5. The molecule has 2 aromatic rings. The highest BCUT2D eigenvalue weighted by molar-refractivity contribution is 6.10. The molecule has 1 aromatic carbocycles. The van der Waals surface area contributed by atoms with E-state index in [-0.39, 0.29) is 11.3 Å². The molecule has 0 radical (unpaired) electrons. The van der Waals surface area contributed by atoms with E-state index in [1.165, 1.54) is 25.1 Å². The number of rotatable bonds is 6. The molecule has 9 heteroatoms. The molecule has 4 rings (SSSR count). The molecule has 2 fully saturated rings. The van der Waals surface area contributed by atoms with Crippen molar-refractivity contribution in [1.82, 2.24) is 14.9 Å². The molecule has 2 amide bonds. The van der Waals surface area contributed by atoms with Gasteiger partial charge in [0.1, 0.15) is 0 Å². The Kier molecular flexibility index (Phi) is 5.85. The summed E-state index contributed by atoms with van der Waals surface area (Å²) in [6.45, 7) is 5.64. The van der Waals surface area contributed by atoms with Crippen LogP contribution < -0.4 is 21.7 Å². The van der Waals surface area contributed by atoms with Crippen LogP contribution >= 0.6 is 0 Å². The van der Waals surface area contributed by atoms with Crippen molar-refractivity contribution in [3.05, 3.63) is 53.2 Å². The first-order valence-corrected chi connectivity index (χ1v) is 10.4. The Morgan fingerprint density at radius 2 is 1.84 bits per heavy atom. The molecular formula is C22H27N7O2. The van der Waals surface area contributed by atoms with Crippen molar-refractivity contribution in [3.63, 3.8) is 0 Å². The van der Waals surface area contributed by atoms with Gasteiger partial charge in [-0.15, -0.1) is 0 Å². The van der Waals surface area contributed by atoms with Crippen LogP contribution in [0.4, 0.5) is 11.4 Å². The summed E-state index contributed by atoms with van der Waals surface area (Å²) in [5.74, 6) is -1.16. The number of aryl methyl sites for hydroxylation is 1. The van der Waals surface area contributed by atoms with Gasteiger partial charge in [0, 0.05) is 44.1 Å². The molecule has 0 atom stereocenters. The third-order valence-electron chi connectivity index (χ3n) is 5.63. The number of hydrogen-bond donors (Lipinski definition) is 3. The van der Waals surface area contributed by atoms with Crippen molar-refractivity contribution in [2.45, 2.75) is 25.8 Å². The maximum absolute atomic E-state index is 12.5. The molecule has 1 saturated carbocycles. The molecule has 31 heavy (non-hydrogen) atoms. The summed E-state index contributed by atoms with van der Waals surface area (Å²) in [6, 6.07) is 6.07. The minimum atomic E-state index is -0.610. The number of nitrogens with zero attached hydrogens (tertiary/aromatic N) is 4. The second-order valence-corrected chi connectivity index (χ2v) is 7.98. The lowest BCUT2D eigenvalue weighted by Gasteiger charge is -2.36. The standard InChI is InChI=1S/C22H27N7O2/c1-14-12-26-15(13-25-14)10-19(23)22(31)27-20-5-4-17(11-18(20)21(24)30)29-8-6-28(7-9-29)16-2-3-16/h4-5,10-13,16H,2-3,6-9,23H2,1H3,(H2,24,30)(H,27,31). The molecule has 0 bridgehead atoms. The molecule has 162 valence electrons. The highest BCUT2D eigenvalue weighted by Gasteiger charge is 2.31. The van der Waals surface area contributed by atoms with Crippen molar-refractivity contribution in [2.24, 2.45) is 11.5 Å². The van der Waals surface area contributed by atoms with Crippen LogP contribution in [0.1, 0.15) is 34.6 Å². The Morgan fingerprint density at radius 3 is 2.45 bits per heavy atom. The number of benzene rings is 1. The number of hydrogen-bond acceptors (Lipinski definition) is 7. The molecule has 1 aromatic heterocycles. The van der Waals surface area contributed by atoms with Crippen LogP contribution in [-0.2, 0) is 4.79 Å². The number of carbonyl (C=O) groups is 2. The van der Waals surface area contributed by atoms with Crippen LogP contribution in [0.3, 0.4) is 0 Å². The average Bonchev–Trinajstić information content (AvgIpc) is 3.61. The molecule has 1 aliphatic carbocycles. The molecule has 1 saturated heterocycles. The monoisotopic (exact) mass is 421 g/mol. The van der Waals surface area contributed by atoms with Crippen LogP contribution in [0.15, 0.2) is 36.3 Å². The third-order valence-corrected chi connectivity index (χ3v) is 5.63. The van der Waals surface area contributed by atoms with E-state index in [1.54, 1.807) is 18.3 Å². The molecular weight excluding hydrogens is 394 g/mol. The molecule has 9 nitrogen and oxygen atoms in total. The first-order chi connectivity index (χ1) is 14.9. The minimum absolute atomic E-state index is 0.0474. The van der Waals surface area contributed by atoms with Crippen molar-refractivity contribution in [3.8, 4) is 0 Å². The Hall–Kier alpha value is -3.46. The maximum Gasteiger partial charge on any atom is 0.271 e. The zero-order valence-corrected chi connectivity index (χ0v) is 17.5. The van der Waals surface area contributed by atoms with Crippen LogP contribution in [0, 0.1) is 6.92 Å². The van der Waals surface area contributed by atoms with Gasteiger partial charge in [0.25, 0.3) is 11.8 Å². The second-order valence-electron chi connectivity index (χ2n) is 7.98. The summed E-state index contributed by atoms with van der Waals surface area (Å²) in [6.07, 6.45) is 7.15. The largest absolute Gasteiger partial charge is 0.394 e. The normalized spacial score (nSPS) is 17.5. The van der Waals surface area contributed by atoms with Gasteiger partial charge in [0.2, 0.25) is 0 Å². The van der Waals surface area contributed by atoms with Gasteiger partial charge in [-0.2, -0.15) is 0 Å². The van der Waals surface area contributed by atoms with Gasteiger partial charge in [0.05, 0.1) is 34.5 Å². The highest BCUT2D eigenvalue weighted by Crippen LogP contribution is 2.29. The van der Waals surface area contributed by atoms with Gasteiger partial charge in [-0.3, -0.25) is 24.5 Å². The maximum atomic E-state index is 12.5. The van der Waals surface area contributed by atoms with Gasteiger partial charge in [-0.25, -0.2) is 0 Å². The van der Waals surface area contributed by atoms with E-state index in [9.17, 15) is 9.59 Å². The quantitative estimate of drug-likeness (QED) is 0.596. The van der Waals surface area contributed by atoms with E-state index < -0.39 is 11.8 Å². The van der Waals surface area contributed by atoms with Gasteiger partial charge in [-0.05, 0) is 44.0 Å². The van der Waals surface area contributed by atoms with Crippen molar-refractivity contribution < 1.29 is 9.59 Å².